The molecule has 0 radical (unpaired) electrons. The number of nitrogens with one attached hydrogen (secondary N) is 1. The third-order valence-electron chi connectivity index (χ3n) is 4.45. The Morgan fingerprint density at radius 3 is 2.37 bits per heavy atom. The number of carbonyl (C=O) groups is 2. The summed E-state index contributed by atoms with van der Waals surface area (Å²) in [4.78, 5) is 21.8. The van der Waals surface area contributed by atoms with Gasteiger partial charge in [-0.25, -0.2) is 0 Å². The van der Waals surface area contributed by atoms with Gasteiger partial charge in [0, 0.05) is 31.6 Å². The van der Waals surface area contributed by atoms with E-state index in [1.54, 1.807) is 14.0 Å². The molecule has 27 heavy (non-hydrogen) atoms. The summed E-state index contributed by atoms with van der Waals surface area (Å²) in [5.41, 5.74) is 5.63. The quantitative estimate of drug-likeness (QED) is 0.229. The van der Waals surface area contributed by atoms with Crippen LogP contribution in [0.15, 0.2) is 0 Å². The molecule has 162 valence electrons. The number of nitrogens with two attached hydrogens (primary N) is 2. The number of hydrogen-bond donors (Lipinski definition) is 2. The number of carboxylic acid groups (broad SMARTS) is 1. The molecule has 2 fully saturated rings. The molecule has 0 aromatic rings. The van der Waals surface area contributed by atoms with E-state index in [4.69, 9.17) is 19.9 Å². The second-order valence-electron chi connectivity index (χ2n) is 6.51. The van der Waals surface area contributed by atoms with Crippen LogP contribution in [-0.4, -0.2) is 57.2 Å². The fourth-order valence-corrected chi connectivity index (χ4v) is 2.95. The summed E-state index contributed by atoms with van der Waals surface area (Å²) in [6.07, 6.45) is 6.07. The van der Waals surface area contributed by atoms with Crippen molar-refractivity contribution in [3.8, 4) is 0 Å². The van der Waals surface area contributed by atoms with Gasteiger partial charge >= 0.3 is 21.1 Å². The Balaban J connectivity index is 0. The number of amides is 1. The summed E-state index contributed by atoms with van der Waals surface area (Å²) in [6.45, 7) is 2.63. The molecule has 1 aliphatic heterocycles. The average molecular weight is 571 g/mol. The van der Waals surface area contributed by atoms with Crippen LogP contribution in [0.5, 0.6) is 0 Å². The Labute approximate surface area is 175 Å². The van der Waals surface area contributed by atoms with Crippen LogP contribution in [0.2, 0.25) is 0 Å². The largest absolute Gasteiger partial charge is 2.00 e. The molecule has 1 heterocycles. The molecule has 1 saturated heterocycles. The van der Waals surface area contributed by atoms with E-state index in [0.717, 1.165) is 0 Å². The van der Waals surface area contributed by atoms with Crippen molar-refractivity contribution in [3.63, 3.8) is 0 Å². The van der Waals surface area contributed by atoms with Gasteiger partial charge in [0.05, 0.1) is 25.2 Å². The van der Waals surface area contributed by atoms with E-state index >= 15 is 0 Å². The molecule has 5 N–H and O–H groups in total. The summed E-state index contributed by atoms with van der Waals surface area (Å²) < 4.78 is 15.2. The van der Waals surface area contributed by atoms with Crippen LogP contribution in [0.25, 0.3) is 6.15 Å². The molecule has 1 saturated carbocycles. The number of methoxy groups -OCH3 is 1. The smallest absolute Gasteiger partial charge is 0.693 e. The maximum Gasteiger partial charge on any atom is 2.00 e. The average Bonchev–Trinajstić information content (AvgIpc) is 2.55. The van der Waals surface area contributed by atoms with E-state index in [-0.39, 0.29) is 46.3 Å². The van der Waals surface area contributed by atoms with E-state index in [1.165, 1.54) is 32.1 Å². The maximum atomic E-state index is 11.3. The number of rotatable bonds is 9. The number of carboxylic acids is 1. The first-order valence-corrected chi connectivity index (χ1v) is 8.89. The van der Waals surface area contributed by atoms with Gasteiger partial charge in [-0.1, -0.05) is 19.3 Å². The van der Waals surface area contributed by atoms with E-state index in [0.29, 0.717) is 19.3 Å². The molecule has 0 aromatic heterocycles. The van der Waals surface area contributed by atoms with Gasteiger partial charge in [-0.05, 0) is 19.8 Å². The molecular weight excluding hydrogens is 537 g/mol. The molecule has 3 atom stereocenters. The van der Waals surface area contributed by atoms with Gasteiger partial charge in [0.25, 0.3) is 0 Å². The summed E-state index contributed by atoms with van der Waals surface area (Å²) in [5, 5.41) is 13.0. The zero-order valence-corrected chi connectivity index (χ0v) is 18.4. The summed E-state index contributed by atoms with van der Waals surface area (Å²) >= 11 is 0. The van der Waals surface area contributed by atoms with Crippen LogP contribution in [0, 0.1) is 5.92 Å². The number of aliphatic carboxylic acids is 1. The molecule has 2 rings (SSSR count). The number of carbonyl (C=O) groups excluding carboxylic acids is 2. The Kier molecular flexibility index (Phi) is 17.4. The standard InChI is InChI=1S/C11H19NO6.C6H13N.H2N.Pt/c1-7(18-6-17-4-3-16-2)10-8(5-9(13)14)12-11(10)15;7-6-4-2-1-3-5-6;;/h7-8,10H,3-6H2,1-2H3,(H,12,15)(H,13,14);6H,1-5,7H2;1H2;/q;;-1;+2/p-1. The number of β-lactam (4-membered cyclic amide) rings is 1. The molecule has 0 aromatic carbocycles. The van der Waals surface area contributed by atoms with Crippen LogP contribution in [0.4, 0.5) is 0 Å². The molecule has 3 unspecified atom stereocenters. The number of hydrogen-bond acceptors (Lipinski definition) is 7. The Hall–Kier alpha value is -0.572. The van der Waals surface area contributed by atoms with Crippen molar-refractivity contribution in [2.75, 3.05) is 27.1 Å². The van der Waals surface area contributed by atoms with Crippen LogP contribution >= 0.6 is 0 Å². The molecule has 1 aliphatic carbocycles. The molecule has 0 bridgehead atoms. The number of ether oxygens (including phenoxy) is 3. The molecule has 10 heteroatoms. The van der Waals surface area contributed by atoms with Crippen LogP contribution in [0.1, 0.15) is 45.4 Å². The van der Waals surface area contributed by atoms with Gasteiger partial charge in [0.15, 0.2) is 0 Å². The second-order valence-corrected chi connectivity index (χ2v) is 6.51. The van der Waals surface area contributed by atoms with Gasteiger partial charge in [-0.15, -0.1) is 0 Å². The van der Waals surface area contributed by atoms with E-state index in [9.17, 15) is 14.7 Å². The first-order valence-electron chi connectivity index (χ1n) is 8.89. The maximum absolute atomic E-state index is 11.3. The van der Waals surface area contributed by atoms with E-state index in [2.05, 4.69) is 5.32 Å². The summed E-state index contributed by atoms with van der Waals surface area (Å²) in [5.74, 6) is -1.85. The zero-order valence-electron chi connectivity index (χ0n) is 16.1. The Morgan fingerprint density at radius 2 is 1.93 bits per heavy atom. The van der Waals surface area contributed by atoms with Crippen LogP contribution in [0.3, 0.4) is 0 Å². The predicted molar refractivity (Wildman–Crippen MR) is 94.6 cm³/mol. The topological polar surface area (TPSA) is 156 Å². The monoisotopic (exact) mass is 570 g/mol. The van der Waals surface area contributed by atoms with E-state index < -0.39 is 24.0 Å². The first kappa shape index (κ1) is 28.6. The Morgan fingerprint density at radius 1 is 1.30 bits per heavy atom. The molecule has 0 spiro atoms. The molecule has 1 amide bonds. The predicted octanol–water partition coefficient (Wildman–Crippen LogP) is 0.259. The van der Waals surface area contributed by atoms with Crippen molar-refractivity contribution in [1.82, 2.24) is 5.32 Å². The van der Waals surface area contributed by atoms with Crippen molar-refractivity contribution in [3.05, 3.63) is 6.15 Å². The third kappa shape index (κ3) is 11.8. The van der Waals surface area contributed by atoms with Gasteiger partial charge in [0.1, 0.15) is 6.79 Å². The summed E-state index contributed by atoms with van der Waals surface area (Å²) in [6, 6.07) is 0.116. The minimum atomic E-state index is -1.19. The fourth-order valence-electron chi connectivity index (χ4n) is 2.95. The van der Waals surface area contributed by atoms with Crippen molar-refractivity contribution >= 4 is 11.9 Å². The van der Waals surface area contributed by atoms with Crippen LogP contribution in [-0.2, 0) is 44.9 Å². The van der Waals surface area contributed by atoms with Gasteiger partial charge < -0.3 is 41.3 Å². The first-order chi connectivity index (χ1) is 12.0. The zero-order chi connectivity index (χ0) is 18.7. The van der Waals surface area contributed by atoms with Crippen molar-refractivity contribution in [2.24, 2.45) is 11.7 Å². The van der Waals surface area contributed by atoms with Crippen molar-refractivity contribution in [2.45, 2.75) is 63.6 Å². The van der Waals surface area contributed by atoms with Gasteiger partial charge in [-0.3, -0.25) is 4.79 Å². The second kappa shape index (κ2) is 16.4. The fraction of sp³-hybridized carbons (Fsp3) is 0.882. The van der Waals surface area contributed by atoms with E-state index in [1.807, 2.05) is 0 Å². The normalized spacial score (nSPS) is 22.7. The minimum Gasteiger partial charge on any atom is -0.693 e. The summed E-state index contributed by atoms with van der Waals surface area (Å²) in [7, 11) is 1.57. The molecule has 2 aliphatic rings. The van der Waals surface area contributed by atoms with Crippen LogP contribution < -0.4 is 16.2 Å². The van der Waals surface area contributed by atoms with Crippen molar-refractivity contribution < 1.29 is 50.0 Å². The molecular formula is C17H33N3O6Pt. The Bertz CT molecular complexity index is 410. The molecule has 9 nitrogen and oxygen atoms in total. The SMILES string of the molecule is COCCOCOC(C)C1C(=O)NC1CC(=O)[O-].NC1CCCCC1.[NH2-].[Pt+2]. The third-order valence-corrected chi connectivity index (χ3v) is 4.45. The van der Waals surface area contributed by atoms with Gasteiger partial charge in [0.2, 0.25) is 5.91 Å². The van der Waals surface area contributed by atoms with Crippen molar-refractivity contribution in [1.29, 1.82) is 0 Å². The van der Waals surface area contributed by atoms with Gasteiger partial charge in [-0.2, -0.15) is 0 Å². The minimum absolute atomic E-state index is 0.